The van der Waals surface area contributed by atoms with Crippen LogP contribution >= 0.6 is 0 Å². The third kappa shape index (κ3) is 4.22. The topological polar surface area (TPSA) is 71.3 Å². The number of nitriles is 1. The van der Waals surface area contributed by atoms with Crippen molar-refractivity contribution in [2.75, 3.05) is 12.4 Å². The molecule has 0 spiro atoms. The van der Waals surface area contributed by atoms with Crippen LogP contribution in [-0.2, 0) is 9.53 Å². The van der Waals surface area contributed by atoms with Crippen LogP contribution in [0.2, 0.25) is 0 Å². The Morgan fingerprint density at radius 3 is 2.64 bits per heavy atom. The van der Waals surface area contributed by atoms with E-state index in [1.165, 1.54) is 7.11 Å². The van der Waals surface area contributed by atoms with Gasteiger partial charge < -0.3 is 14.8 Å². The van der Waals surface area contributed by atoms with E-state index in [4.69, 9.17) is 9.47 Å². The van der Waals surface area contributed by atoms with E-state index < -0.39 is 5.60 Å². The molecule has 0 radical (unpaired) electrons. The monoisotopic (exact) mass is 304 g/mol. The molecule has 22 heavy (non-hydrogen) atoms. The molecule has 0 saturated carbocycles. The SMILES string of the molecule is CC[C@H](C)Oc1ccc(NC(=O)[C@@](C)(CC)OC)c(C#N)c1. The molecule has 0 aromatic heterocycles. The number of carbonyl (C=O) groups excluding carboxylic acids is 1. The number of carbonyl (C=O) groups is 1. The molecule has 0 fully saturated rings. The number of ether oxygens (including phenoxy) is 2. The molecule has 0 aliphatic rings. The van der Waals surface area contributed by atoms with Crippen molar-refractivity contribution < 1.29 is 14.3 Å². The van der Waals surface area contributed by atoms with Crippen LogP contribution < -0.4 is 10.1 Å². The minimum Gasteiger partial charge on any atom is -0.491 e. The van der Waals surface area contributed by atoms with Crippen molar-refractivity contribution in [1.29, 1.82) is 5.26 Å². The molecular weight excluding hydrogens is 280 g/mol. The van der Waals surface area contributed by atoms with Gasteiger partial charge in [-0.25, -0.2) is 0 Å². The van der Waals surface area contributed by atoms with E-state index in [2.05, 4.69) is 11.4 Å². The summed E-state index contributed by atoms with van der Waals surface area (Å²) in [7, 11) is 1.50. The lowest BCUT2D eigenvalue weighted by atomic mass is 10.0. The van der Waals surface area contributed by atoms with Crippen LogP contribution in [0.5, 0.6) is 5.75 Å². The number of hydrogen-bond donors (Lipinski definition) is 1. The summed E-state index contributed by atoms with van der Waals surface area (Å²) in [5, 5.41) is 12.0. The maximum absolute atomic E-state index is 12.3. The normalized spacial score (nSPS) is 14.5. The second-order valence-corrected chi connectivity index (χ2v) is 5.40. The highest BCUT2D eigenvalue weighted by Crippen LogP contribution is 2.25. The molecule has 1 N–H and O–H groups in total. The summed E-state index contributed by atoms with van der Waals surface area (Å²) in [6.07, 6.45) is 1.49. The minimum absolute atomic E-state index is 0.0730. The molecule has 1 rings (SSSR count). The van der Waals surface area contributed by atoms with Crippen LogP contribution in [0, 0.1) is 11.3 Å². The van der Waals surface area contributed by atoms with Crippen molar-refractivity contribution in [2.45, 2.75) is 52.2 Å². The number of amides is 1. The van der Waals surface area contributed by atoms with Crippen LogP contribution in [0.3, 0.4) is 0 Å². The van der Waals surface area contributed by atoms with Gasteiger partial charge in [0.2, 0.25) is 0 Å². The molecule has 0 aliphatic carbocycles. The highest BCUT2D eigenvalue weighted by Gasteiger charge is 2.31. The van der Waals surface area contributed by atoms with Gasteiger partial charge in [0.15, 0.2) is 0 Å². The molecule has 2 atom stereocenters. The van der Waals surface area contributed by atoms with E-state index in [0.29, 0.717) is 23.4 Å². The second-order valence-electron chi connectivity index (χ2n) is 5.40. The van der Waals surface area contributed by atoms with Gasteiger partial charge in [-0.2, -0.15) is 5.26 Å². The largest absolute Gasteiger partial charge is 0.491 e. The van der Waals surface area contributed by atoms with Crippen LogP contribution in [0.15, 0.2) is 18.2 Å². The van der Waals surface area contributed by atoms with Gasteiger partial charge in [0, 0.05) is 13.2 Å². The summed E-state index contributed by atoms with van der Waals surface area (Å²) >= 11 is 0. The molecule has 0 aliphatic heterocycles. The van der Waals surface area contributed by atoms with Gasteiger partial charge in [0.25, 0.3) is 5.91 Å². The zero-order valence-corrected chi connectivity index (χ0v) is 13.9. The van der Waals surface area contributed by atoms with Gasteiger partial charge in [-0.3, -0.25) is 4.79 Å². The molecule has 0 heterocycles. The van der Waals surface area contributed by atoms with Crippen LogP contribution in [0.4, 0.5) is 5.69 Å². The molecular formula is C17H24N2O3. The van der Waals surface area contributed by atoms with Crippen molar-refractivity contribution >= 4 is 11.6 Å². The Bertz CT molecular complexity index is 560. The number of rotatable bonds is 7. The summed E-state index contributed by atoms with van der Waals surface area (Å²) in [5.41, 5.74) is -0.0945. The molecule has 0 unspecified atom stereocenters. The predicted octanol–water partition coefficient (Wildman–Crippen LogP) is 3.49. The van der Waals surface area contributed by atoms with Crippen molar-refractivity contribution in [2.24, 2.45) is 0 Å². The fourth-order valence-corrected chi connectivity index (χ4v) is 1.77. The number of methoxy groups -OCH3 is 1. The first-order chi connectivity index (χ1) is 10.4. The van der Waals surface area contributed by atoms with Gasteiger partial charge in [-0.1, -0.05) is 13.8 Å². The fraction of sp³-hybridized carbons (Fsp3) is 0.529. The minimum atomic E-state index is -0.918. The lowest BCUT2D eigenvalue weighted by Gasteiger charge is -2.25. The first-order valence-corrected chi connectivity index (χ1v) is 7.47. The van der Waals surface area contributed by atoms with Crippen molar-refractivity contribution in [3.05, 3.63) is 23.8 Å². The summed E-state index contributed by atoms with van der Waals surface area (Å²) in [4.78, 5) is 12.3. The Kier molecular flexibility index (Phi) is 6.39. The summed E-state index contributed by atoms with van der Waals surface area (Å²) in [6, 6.07) is 7.15. The Balaban J connectivity index is 2.97. The number of nitrogens with zero attached hydrogens (tertiary/aromatic N) is 1. The van der Waals surface area contributed by atoms with Crippen molar-refractivity contribution in [3.63, 3.8) is 0 Å². The molecule has 1 amide bonds. The molecule has 5 heteroatoms. The van der Waals surface area contributed by atoms with Gasteiger partial charge in [-0.05, 0) is 38.8 Å². The molecule has 0 bridgehead atoms. The second kappa shape index (κ2) is 7.81. The predicted molar refractivity (Wildman–Crippen MR) is 85.9 cm³/mol. The first-order valence-electron chi connectivity index (χ1n) is 7.47. The Labute approximate surface area is 132 Å². The van der Waals surface area contributed by atoms with Gasteiger partial charge in [0.05, 0.1) is 17.4 Å². The number of benzene rings is 1. The van der Waals surface area contributed by atoms with E-state index in [-0.39, 0.29) is 12.0 Å². The maximum Gasteiger partial charge on any atom is 0.256 e. The Morgan fingerprint density at radius 2 is 2.14 bits per heavy atom. The zero-order chi connectivity index (χ0) is 16.8. The number of nitrogens with one attached hydrogen (secondary N) is 1. The summed E-state index contributed by atoms with van der Waals surface area (Å²) in [6.45, 7) is 7.58. The first kappa shape index (κ1) is 18.0. The third-order valence-electron chi connectivity index (χ3n) is 3.88. The Morgan fingerprint density at radius 1 is 1.45 bits per heavy atom. The van der Waals surface area contributed by atoms with Crippen LogP contribution in [-0.4, -0.2) is 24.7 Å². The smallest absolute Gasteiger partial charge is 0.256 e. The van der Waals surface area contributed by atoms with Crippen LogP contribution in [0.1, 0.15) is 46.1 Å². The van der Waals surface area contributed by atoms with Gasteiger partial charge in [-0.15, -0.1) is 0 Å². The maximum atomic E-state index is 12.3. The van der Waals surface area contributed by atoms with Gasteiger partial charge in [0.1, 0.15) is 17.4 Å². The lowest BCUT2D eigenvalue weighted by Crippen LogP contribution is -2.41. The Hall–Kier alpha value is -2.06. The lowest BCUT2D eigenvalue weighted by molar-refractivity contribution is -0.136. The highest BCUT2D eigenvalue weighted by atomic mass is 16.5. The molecule has 1 aromatic carbocycles. The molecule has 120 valence electrons. The third-order valence-corrected chi connectivity index (χ3v) is 3.88. The van der Waals surface area contributed by atoms with E-state index in [9.17, 15) is 10.1 Å². The van der Waals surface area contributed by atoms with E-state index >= 15 is 0 Å². The van der Waals surface area contributed by atoms with E-state index in [1.54, 1.807) is 25.1 Å². The van der Waals surface area contributed by atoms with E-state index in [1.807, 2.05) is 20.8 Å². The van der Waals surface area contributed by atoms with E-state index in [0.717, 1.165) is 6.42 Å². The zero-order valence-electron chi connectivity index (χ0n) is 13.9. The van der Waals surface area contributed by atoms with Crippen LogP contribution in [0.25, 0.3) is 0 Å². The quantitative estimate of drug-likeness (QED) is 0.837. The average molecular weight is 304 g/mol. The summed E-state index contributed by atoms with van der Waals surface area (Å²) in [5.74, 6) is 0.346. The van der Waals surface area contributed by atoms with Gasteiger partial charge >= 0.3 is 0 Å². The average Bonchev–Trinajstić information content (AvgIpc) is 2.54. The van der Waals surface area contributed by atoms with Crippen molar-refractivity contribution in [1.82, 2.24) is 0 Å². The highest BCUT2D eigenvalue weighted by molar-refractivity contribution is 5.98. The standard InChI is InChI=1S/C17H24N2O3/c1-6-12(3)22-14-8-9-15(13(10-14)11-18)19-16(20)17(4,7-2)21-5/h8-10,12H,6-7H2,1-5H3,(H,19,20)/t12-,17+/m0/s1. The number of hydrogen-bond acceptors (Lipinski definition) is 4. The summed E-state index contributed by atoms with van der Waals surface area (Å²) < 4.78 is 11.0. The number of anilines is 1. The fourth-order valence-electron chi connectivity index (χ4n) is 1.77. The van der Waals surface area contributed by atoms with Crippen molar-refractivity contribution in [3.8, 4) is 11.8 Å². The molecule has 5 nitrogen and oxygen atoms in total. The molecule has 0 saturated heterocycles. The molecule has 1 aromatic rings.